The van der Waals surface area contributed by atoms with Crippen molar-refractivity contribution in [3.8, 4) is 0 Å². The minimum absolute atomic E-state index is 0.0721. The fourth-order valence-electron chi connectivity index (χ4n) is 4.22. The van der Waals surface area contributed by atoms with Crippen molar-refractivity contribution in [1.82, 2.24) is 0 Å². The molecule has 4 rings (SSSR count). The average molecular weight is 356 g/mol. The van der Waals surface area contributed by atoms with Gasteiger partial charge in [-0.2, -0.15) is 0 Å². The van der Waals surface area contributed by atoms with Crippen LogP contribution in [-0.4, -0.2) is 38.5 Å². The first kappa shape index (κ1) is 15.6. The highest BCUT2D eigenvalue weighted by molar-refractivity contribution is 7.91. The lowest BCUT2D eigenvalue weighted by Gasteiger charge is -2.35. The lowest BCUT2D eigenvalue weighted by Crippen LogP contribution is -3.17. The zero-order chi connectivity index (χ0) is 16.2. The van der Waals surface area contributed by atoms with Gasteiger partial charge in [-0.3, -0.25) is 9.69 Å². The van der Waals surface area contributed by atoms with Crippen molar-refractivity contribution < 1.29 is 18.1 Å². The number of thiophene rings is 1. The lowest BCUT2D eigenvalue weighted by molar-refractivity contribution is -0.936. The van der Waals surface area contributed by atoms with Gasteiger partial charge in [-0.25, -0.2) is 8.42 Å². The largest absolute Gasteiger partial charge is 0.310 e. The summed E-state index contributed by atoms with van der Waals surface area (Å²) in [5, 5.41) is 1.13. The zero-order valence-electron chi connectivity index (χ0n) is 13.4. The third-order valence-corrected chi connectivity index (χ3v) is 8.58. The van der Waals surface area contributed by atoms with Crippen molar-refractivity contribution in [2.45, 2.75) is 51.6 Å². The first-order chi connectivity index (χ1) is 10.9. The third-order valence-electron chi connectivity index (χ3n) is 5.46. The molecule has 0 saturated carbocycles. The number of rotatable bonds is 1. The summed E-state index contributed by atoms with van der Waals surface area (Å²) in [6.45, 7) is 3.11. The van der Waals surface area contributed by atoms with Crippen molar-refractivity contribution >= 4 is 32.1 Å². The molecule has 2 aliphatic heterocycles. The van der Waals surface area contributed by atoms with E-state index in [1.807, 2.05) is 4.90 Å². The van der Waals surface area contributed by atoms with Crippen LogP contribution in [0.4, 0.5) is 5.00 Å². The van der Waals surface area contributed by atoms with Crippen molar-refractivity contribution in [2.24, 2.45) is 0 Å². The van der Waals surface area contributed by atoms with E-state index in [9.17, 15) is 13.2 Å². The van der Waals surface area contributed by atoms with Crippen molar-refractivity contribution in [3.63, 3.8) is 0 Å². The van der Waals surface area contributed by atoms with Crippen LogP contribution in [0.1, 0.15) is 42.2 Å². The summed E-state index contributed by atoms with van der Waals surface area (Å²) in [7, 11) is -2.89. The quantitative estimate of drug-likeness (QED) is 0.799. The fourth-order valence-corrected chi connectivity index (χ4v) is 7.50. The normalized spacial score (nSPS) is 29.2. The van der Waals surface area contributed by atoms with Crippen LogP contribution in [0.5, 0.6) is 0 Å². The van der Waals surface area contributed by atoms with Gasteiger partial charge in [-0.05, 0) is 31.2 Å². The molecule has 1 fully saturated rings. The second-order valence-electron chi connectivity index (χ2n) is 7.03. The molecule has 1 amide bonds. The molecule has 1 aromatic rings. The van der Waals surface area contributed by atoms with Gasteiger partial charge in [0.05, 0.1) is 5.75 Å². The van der Waals surface area contributed by atoms with Crippen LogP contribution in [0, 0.1) is 0 Å². The average Bonchev–Trinajstić information content (AvgIpc) is 3.06. The number of carbonyl (C=O) groups excluding carboxylic acids is 1. The molecule has 1 saturated heterocycles. The van der Waals surface area contributed by atoms with E-state index in [1.54, 1.807) is 18.3 Å². The second-order valence-corrected chi connectivity index (χ2v) is 10.3. The number of nitrogens with zero attached hydrogens (tertiary/aromatic N) is 1. The minimum atomic E-state index is -2.89. The molecule has 0 aromatic carbocycles. The van der Waals surface area contributed by atoms with E-state index in [0.29, 0.717) is 12.4 Å². The summed E-state index contributed by atoms with van der Waals surface area (Å²) in [5.74, 6) is 0.647. The maximum absolute atomic E-state index is 12.2. The van der Waals surface area contributed by atoms with Crippen LogP contribution in [0.2, 0.25) is 0 Å². The summed E-state index contributed by atoms with van der Waals surface area (Å²) < 4.78 is 23.7. The molecule has 1 aromatic heterocycles. The van der Waals surface area contributed by atoms with Crippen LogP contribution in [0.15, 0.2) is 0 Å². The second kappa shape index (κ2) is 5.57. The van der Waals surface area contributed by atoms with E-state index in [4.69, 9.17) is 0 Å². The molecular weight excluding hydrogens is 332 g/mol. The summed E-state index contributed by atoms with van der Waals surface area (Å²) in [5.41, 5.74) is 2.78. The summed E-state index contributed by atoms with van der Waals surface area (Å²) in [6.07, 6.45) is 5.44. The Hall–Kier alpha value is -0.920. The molecule has 0 bridgehead atoms. The van der Waals surface area contributed by atoms with Gasteiger partial charge in [0.2, 0.25) is 5.91 Å². The topological polar surface area (TPSA) is 58.9 Å². The van der Waals surface area contributed by atoms with E-state index >= 15 is 0 Å². The van der Waals surface area contributed by atoms with Crippen molar-refractivity contribution in [1.29, 1.82) is 0 Å². The van der Waals surface area contributed by atoms with E-state index in [1.165, 1.54) is 33.7 Å². The van der Waals surface area contributed by atoms with Gasteiger partial charge in [-0.15, -0.1) is 11.3 Å². The van der Waals surface area contributed by atoms with Gasteiger partial charge in [0, 0.05) is 23.8 Å². The van der Waals surface area contributed by atoms with Gasteiger partial charge < -0.3 is 4.90 Å². The number of sulfone groups is 1. The maximum Gasteiger partial charge on any atom is 0.228 e. The highest BCUT2D eigenvalue weighted by Crippen LogP contribution is 2.40. The molecule has 1 unspecified atom stereocenters. The van der Waals surface area contributed by atoms with E-state index in [2.05, 4.69) is 0 Å². The Bertz CT molecular complexity index is 754. The van der Waals surface area contributed by atoms with Crippen LogP contribution in [0.25, 0.3) is 0 Å². The first-order valence-electron chi connectivity index (χ1n) is 8.41. The molecule has 1 aliphatic carbocycles. The molecule has 23 heavy (non-hydrogen) atoms. The Morgan fingerprint density at radius 1 is 1.26 bits per heavy atom. The molecule has 5 nitrogen and oxygen atoms in total. The highest BCUT2D eigenvalue weighted by Gasteiger charge is 2.41. The Balaban J connectivity index is 1.70. The molecule has 2 atom stereocenters. The Labute approximate surface area is 141 Å². The minimum Gasteiger partial charge on any atom is -0.310 e. The van der Waals surface area contributed by atoms with Gasteiger partial charge in [0.15, 0.2) is 16.5 Å². The number of aryl methyl sites for hydroxylation is 1. The number of amides is 1. The molecule has 1 N–H and O–H groups in total. The number of quaternary nitrogens is 1. The molecule has 3 heterocycles. The van der Waals surface area contributed by atoms with Crippen LogP contribution in [0.3, 0.4) is 0 Å². The lowest BCUT2D eigenvalue weighted by atomic mass is 9.94. The van der Waals surface area contributed by atoms with E-state index in [0.717, 1.165) is 30.8 Å². The molecule has 0 spiro atoms. The third kappa shape index (κ3) is 2.72. The molecular formula is C16H23N2O3S2+. The van der Waals surface area contributed by atoms with Gasteiger partial charge in [0.25, 0.3) is 0 Å². The fraction of sp³-hybridized carbons (Fsp3) is 0.688. The number of hydrogen-bond donors (Lipinski definition) is 1. The molecule has 0 radical (unpaired) electrons. The number of nitrogens with one attached hydrogen (secondary N) is 1. The van der Waals surface area contributed by atoms with E-state index in [-0.39, 0.29) is 17.7 Å². The monoisotopic (exact) mass is 355 g/mol. The van der Waals surface area contributed by atoms with Crippen LogP contribution >= 0.6 is 11.3 Å². The first-order valence-corrected chi connectivity index (χ1v) is 11.0. The summed E-state index contributed by atoms with van der Waals surface area (Å²) >= 11 is 1.79. The zero-order valence-corrected chi connectivity index (χ0v) is 15.1. The molecule has 126 valence electrons. The van der Waals surface area contributed by atoms with Gasteiger partial charge in [0.1, 0.15) is 23.3 Å². The number of anilines is 1. The van der Waals surface area contributed by atoms with Crippen molar-refractivity contribution in [2.75, 3.05) is 23.1 Å². The predicted molar refractivity (Wildman–Crippen MR) is 90.7 cm³/mol. The Morgan fingerprint density at radius 2 is 2.04 bits per heavy atom. The SMILES string of the molecule is CC(=O)N1C[NH+]([C@@H]2CCS(=O)(=O)C2)Cc2c1sc1c2CCCC1. The Morgan fingerprint density at radius 3 is 2.74 bits per heavy atom. The number of hydrogen-bond acceptors (Lipinski definition) is 4. The van der Waals surface area contributed by atoms with Gasteiger partial charge in [-0.1, -0.05) is 0 Å². The summed E-state index contributed by atoms with van der Waals surface area (Å²) in [4.78, 5) is 16.8. The van der Waals surface area contributed by atoms with E-state index < -0.39 is 9.84 Å². The number of fused-ring (bicyclic) bond motifs is 3. The molecule has 7 heteroatoms. The summed E-state index contributed by atoms with van der Waals surface area (Å²) in [6, 6.07) is 0.133. The maximum atomic E-state index is 12.2. The van der Waals surface area contributed by atoms with Crippen LogP contribution < -0.4 is 9.80 Å². The van der Waals surface area contributed by atoms with Gasteiger partial charge >= 0.3 is 0 Å². The van der Waals surface area contributed by atoms with Crippen LogP contribution in [-0.2, 0) is 34.0 Å². The molecule has 3 aliphatic rings. The smallest absolute Gasteiger partial charge is 0.228 e. The number of carbonyl (C=O) groups is 1. The van der Waals surface area contributed by atoms with Crippen molar-refractivity contribution in [3.05, 3.63) is 16.0 Å². The highest BCUT2D eigenvalue weighted by atomic mass is 32.2. The predicted octanol–water partition coefficient (Wildman–Crippen LogP) is 0.523. The Kier molecular flexibility index (Phi) is 3.77. The standard InChI is InChI=1S/C16H22N2O3S2/c1-11(19)18-10-17(12-6-7-23(20,21)9-12)8-14-13-4-2-3-5-15(13)22-16(14)18/h12H,2-10H2,1H3/p+1/t12-/m1/s1.